The van der Waals surface area contributed by atoms with Crippen molar-refractivity contribution in [1.29, 1.82) is 0 Å². The molecular weight excluding hydrogens is 618 g/mol. The number of hydrogen-bond donors (Lipinski definition) is 4. The van der Waals surface area contributed by atoms with Gasteiger partial charge in [0.25, 0.3) is 5.91 Å². The lowest BCUT2D eigenvalue weighted by Crippen LogP contribution is -2.62. The number of carbonyl (C=O) groups is 2. The Morgan fingerprint density at radius 1 is 1.08 bits per heavy atom. The van der Waals surface area contributed by atoms with E-state index < -0.39 is 24.2 Å². The predicted octanol–water partition coefficient (Wildman–Crippen LogP) is 4.79. The molecule has 2 unspecified atom stereocenters. The number of nitrogens with zero attached hydrogens (tertiary/aromatic N) is 1. The zero-order chi connectivity index (χ0) is 35.3. The lowest BCUT2D eigenvalue weighted by molar-refractivity contribution is -0.188. The van der Waals surface area contributed by atoms with Crippen molar-refractivity contribution in [2.24, 2.45) is 35.0 Å². The van der Waals surface area contributed by atoms with Crippen molar-refractivity contribution < 1.29 is 29.4 Å². The third-order valence-corrected chi connectivity index (χ3v) is 12.2. The van der Waals surface area contributed by atoms with Gasteiger partial charge < -0.3 is 25.6 Å². The molecule has 1 saturated heterocycles. The molecule has 9 nitrogen and oxygen atoms in total. The Hall–Kier alpha value is -2.82. The fraction of sp³-hybridized carbons (Fsp3) is 0.650. The second kappa shape index (κ2) is 16.5. The van der Waals surface area contributed by atoms with E-state index in [1.165, 1.54) is 12.0 Å². The van der Waals surface area contributed by atoms with Gasteiger partial charge in [0.05, 0.1) is 18.8 Å². The van der Waals surface area contributed by atoms with Gasteiger partial charge >= 0.3 is 0 Å². The number of benzene rings is 2. The molecule has 2 bridgehead atoms. The van der Waals surface area contributed by atoms with Crippen molar-refractivity contribution in [3.63, 3.8) is 0 Å². The third-order valence-electron chi connectivity index (χ3n) is 12.2. The summed E-state index contributed by atoms with van der Waals surface area (Å²) in [5.41, 5.74) is 3.16. The quantitative estimate of drug-likeness (QED) is 0.202. The molecule has 9 heteroatoms. The molecule has 3 aliphatic carbocycles. The Balaban J connectivity index is 1.24. The van der Waals surface area contributed by atoms with Crippen molar-refractivity contribution in [1.82, 2.24) is 15.7 Å². The molecule has 270 valence electrons. The Kier molecular flexibility index (Phi) is 12.6. The average Bonchev–Trinajstić information content (AvgIpc) is 3.47. The average molecular weight is 678 g/mol. The number of nitrogens with one attached hydrogen (secondary N) is 2. The smallest absolute Gasteiger partial charge is 0.251 e. The van der Waals surface area contributed by atoms with Crippen LogP contribution in [-0.4, -0.2) is 84.3 Å². The van der Waals surface area contributed by atoms with Crippen LogP contribution in [0.4, 0.5) is 0 Å². The summed E-state index contributed by atoms with van der Waals surface area (Å²) in [7, 11) is 1.71. The van der Waals surface area contributed by atoms with Gasteiger partial charge in [-0.2, -0.15) is 5.06 Å². The van der Waals surface area contributed by atoms with Crippen molar-refractivity contribution in [3.05, 3.63) is 71.3 Å². The molecule has 2 aromatic rings. The summed E-state index contributed by atoms with van der Waals surface area (Å²) in [6.45, 7) is 11.5. The molecular formula is C40H59N3O6. The number of rotatable bonds is 16. The van der Waals surface area contributed by atoms with Crippen LogP contribution in [0.25, 0.3) is 0 Å². The number of hydroxylamine groups is 2. The van der Waals surface area contributed by atoms with Gasteiger partial charge in [0.15, 0.2) is 0 Å². The van der Waals surface area contributed by atoms with Gasteiger partial charge in [0.2, 0.25) is 5.91 Å². The van der Waals surface area contributed by atoms with E-state index in [0.29, 0.717) is 48.2 Å². The fourth-order valence-electron chi connectivity index (χ4n) is 9.04. The first kappa shape index (κ1) is 37.4. The van der Waals surface area contributed by atoms with Gasteiger partial charge in [-0.3, -0.25) is 14.4 Å². The van der Waals surface area contributed by atoms with Crippen LogP contribution >= 0.6 is 0 Å². The maximum Gasteiger partial charge on any atom is 0.251 e. The van der Waals surface area contributed by atoms with Gasteiger partial charge in [-0.1, -0.05) is 76.6 Å². The molecule has 2 amide bonds. The van der Waals surface area contributed by atoms with Crippen LogP contribution in [-0.2, 0) is 27.2 Å². The first-order valence-electron chi connectivity index (χ1n) is 18.4. The molecule has 4 N–H and O–H groups in total. The van der Waals surface area contributed by atoms with Crippen LogP contribution in [0, 0.1) is 35.0 Å². The van der Waals surface area contributed by atoms with E-state index in [2.05, 4.69) is 50.5 Å². The van der Waals surface area contributed by atoms with E-state index >= 15 is 0 Å². The topological polar surface area (TPSA) is 120 Å². The van der Waals surface area contributed by atoms with Crippen LogP contribution in [0.5, 0.6) is 0 Å². The monoisotopic (exact) mass is 677 g/mol. The number of amides is 2. The highest BCUT2D eigenvalue weighted by atomic mass is 16.7. The van der Waals surface area contributed by atoms with Crippen LogP contribution in [0.3, 0.4) is 0 Å². The van der Waals surface area contributed by atoms with Crippen molar-refractivity contribution in [3.8, 4) is 0 Å². The van der Waals surface area contributed by atoms with E-state index in [-0.39, 0.29) is 36.5 Å². The van der Waals surface area contributed by atoms with Gasteiger partial charge in [0.1, 0.15) is 12.1 Å². The van der Waals surface area contributed by atoms with Crippen LogP contribution in [0.2, 0.25) is 0 Å². The maximum atomic E-state index is 14.1. The number of carbonyl (C=O) groups excluding carboxylic acids is 2. The fourth-order valence-corrected chi connectivity index (χ4v) is 9.04. The molecule has 1 heterocycles. The Morgan fingerprint density at radius 2 is 1.80 bits per heavy atom. The molecule has 3 saturated carbocycles. The second-order valence-corrected chi connectivity index (χ2v) is 15.5. The predicted molar refractivity (Wildman–Crippen MR) is 191 cm³/mol. The molecule has 0 radical (unpaired) electrons. The van der Waals surface area contributed by atoms with E-state index in [1.54, 1.807) is 19.1 Å². The number of aliphatic hydroxyl groups is 2. The van der Waals surface area contributed by atoms with Crippen molar-refractivity contribution in [2.45, 2.75) is 104 Å². The maximum absolute atomic E-state index is 14.1. The first-order chi connectivity index (χ1) is 23.5. The summed E-state index contributed by atoms with van der Waals surface area (Å²) in [6, 6.07) is 17.1. The third kappa shape index (κ3) is 8.39. The zero-order valence-corrected chi connectivity index (χ0v) is 30.3. The summed E-state index contributed by atoms with van der Waals surface area (Å²) in [5.74, 6) is 0.775. The number of fused-ring (bicyclic) bond motifs is 2. The highest BCUT2D eigenvalue weighted by molar-refractivity contribution is 5.94. The number of aliphatic hydroxyl groups excluding tert-OH is 2. The number of hydrogen-bond acceptors (Lipinski definition) is 7. The van der Waals surface area contributed by atoms with Crippen LogP contribution < -0.4 is 10.6 Å². The minimum Gasteiger partial charge on any atom is -0.394 e. The highest BCUT2D eigenvalue weighted by Crippen LogP contribution is 2.61. The Morgan fingerprint density at radius 3 is 2.39 bits per heavy atom. The minimum atomic E-state index is -0.842. The van der Waals surface area contributed by atoms with Crippen LogP contribution in [0.15, 0.2) is 54.6 Å². The molecule has 10 atom stereocenters. The summed E-state index contributed by atoms with van der Waals surface area (Å²) in [5, 5.41) is 29.2. The normalized spacial score (nSPS) is 29.4. The molecule has 4 aliphatic rings. The molecule has 6 rings (SSSR count). The van der Waals surface area contributed by atoms with E-state index in [0.717, 1.165) is 31.2 Å². The van der Waals surface area contributed by atoms with E-state index in [1.807, 2.05) is 42.5 Å². The number of methoxy groups -OCH3 is 1. The summed E-state index contributed by atoms with van der Waals surface area (Å²) in [4.78, 5) is 33.2. The summed E-state index contributed by atoms with van der Waals surface area (Å²) >= 11 is 0. The second-order valence-electron chi connectivity index (χ2n) is 15.5. The molecule has 0 spiro atoms. The lowest BCUT2D eigenvalue weighted by atomic mass is 9.45. The summed E-state index contributed by atoms with van der Waals surface area (Å²) in [6.07, 6.45) is 3.65. The van der Waals surface area contributed by atoms with Gasteiger partial charge in [-0.05, 0) is 85.5 Å². The SMILES string of the molecule is CCCC(CN1O[C@@H](CO)[C@@H]([C@H](C)O)[C@H]1C(=O)N[C@H]1C[C@H]2C[C@H]([C@@H]1C)C2(C)C)C(Cc1ccc(C(=O)NCCc2ccccc2)cc1)OC. The lowest BCUT2D eigenvalue weighted by Gasteiger charge is -2.62. The zero-order valence-electron chi connectivity index (χ0n) is 30.3. The van der Waals surface area contributed by atoms with Gasteiger partial charge in [-0.15, -0.1) is 0 Å². The van der Waals surface area contributed by atoms with E-state index in [4.69, 9.17) is 9.57 Å². The van der Waals surface area contributed by atoms with Gasteiger partial charge in [0, 0.05) is 43.6 Å². The Labute approximate surface area is 293 Å². The van der Waals surface area contributed by atoms with Crippen LogP contribution in [0.1, 0.15) is 81.8 Å². The first-order valence-corrected chi connectivity index (χ1v) is 18.4. The standard InChI is InChI=1S/C40H59N3O6/c1-7-11-30(34(48-6)20-28-14-16-29(17-15-28)38(46)41-19-18-27-12-9-8-10-13-27)23-43-37(36(26(3)45)35(24-44)49-43)39(47)42-33-22-31-21-32(25(33)2)40(31,4)5/h8-10,12-17,25-26,30-37,44-45H,7,11,18-24H2,1-6H3,(H,41,46)(H,42,47)/t25-,26-,30?,31+,32+,33-,34?,35-,36+,37-/m0/s1. The highest BCUT2D eigenvalue weighted by Gasteiger charge is 2.57. The summed E-state index contributed by atoms with van der Waals surface area (Å²) < 4.78 is 6.09. The van der Waals surface area contributed by atoms with Crippen molar-refractivity contribution >= 4 is 11.8 Å². The molecule has 49 heavy (non-hydrogen) atoms. The van der Waals surface area contributed by atoms with Gasteiger partial charge in [-0.25, -0.2) is 0 Å². The van der Waals surface area contributed by atoms with Crippen molar-refractivity contribution in [2.75, 3.05) is 26.8 Å². The Bertz CT molecular complexity index is 1370. The minimum absolute atomic E-state index is 0.0143. The molecule has 2 aromatic carbocycles. The molecule has 1 aliphatic heterocycles. The molecule has 0 aromatic heterocycles. The molecule has 4 fully saturated rings. The van der Waals surface area contributed by atoms with E-state index in [9.17, 15) is 19.8 Å². The largest absolute Gasteiger partial charge is 0.394 e. The number of ether oxygens (including phenoxy) is 1.